The fourth-order valence-electron chi connectivity index (χ4n) is 3.39. The van der Waals surface area contributed by atoms with E-state index < -0.39 is 0 Å². The van der Waals surface area contributed by atoms with Crippen LogP contribution in [0.4, 0.5) is 4.79 Å². The summed E-state index contributed by atoms with van der Waals surface area (Å²) in [7, 11) is 0. The molecule has 1 saturated heterocycles. The summed E-state index contributed by atoms with van der Waals surface area (Å²) in [5.74, 6) is -0.336. The summed E-state index contributed by atoms with van der Waals surface area (Å²) in [6.45, 7) is 4.27. The average Bonchev–Trinajstić information content (AvgIpc) is 3.17. The third kappa shape index (κ3) is 3.70. The first-order chi connectivity index (χ1) is 13.9. The van der Waals surface area contributed by atoms with E-state index in [9.17, 15) is 9.59 Å². The van der Waals surface area contributed by atoms with Crippen molar-refractivity contribution < 1.29 is 9.59 Å². The minimum absolute atomic E-state index is 0.0499. The number of fused-ring (bicyclic) bond motifs is 1. The number of imide groups is 1. The van der Waals surface area contributed by atoms with E-state index in [4.69, 9.17) is 23.2 Å². The van der Waals surface area contributed by atoms with Gasteiger partial charge in [0.2, 0.25) is 0 Å². The van der Waals surface area contributed by atoms with Crippen molar-refractivity contribution in [2.45, 2.75) is 26.4 Å². The molecule has 0 bridgehead atoms. The second-order valence-electron chi connectivity index (χ2n) is 7.07. The van der Waals surface area contributed by atoms with Crippen molar-refractivity contribution in [2.75, 3.05) is 0 Å². The molecule has 2 heterocycles. The summed E-state index contributed by atoms with van der Waals surface area (Å²) < 4.78 is 2.16. The molecule has 0 radical (unpaired) electrons. The molecule has 1 aliphatic rings. The monoisotopic (exact) mass is 444 g/mol. The van der Waals surface area contributed by atoms with Crippen molar-refractivity contribution in [3.05, 3.63) is 74.7 Å². The van der Waals surface area contributed by atoms with Gasteiger partial charge in [0.15, 0.2) is 0 Å². The summed E-state index contributed by atoms with van der Waals surface area (Å²) >= 11 is 13.4. The lowest BCUT2D eigenvalue weighted by Gasteiger charge is -2.14. The van der Waals surface area contributed by atoms with Gasteiger partial charge in [-0.2, -0.15) is 0 Å². The maximum Gasteiger partial charge on any atom is 0.293 e. The normalized spacial score (nSPS) is 16.0. The lowest BCUT2D eigenvalue weighted by Crippen LogP contribution is -2.27. The van der Waals surface area contributed by atoms with Gasteiger partial charge in [-0.3, -0.25) is 14.5 Å². The third-order valence-corrected chi connectivity index (χ3v) is 6.48. The predicted molar refractivity (Wildman–Crippen MR) is 120 cm³/mol. The number of rotatable bonds is 4. The van der Waals surface area contributed by atoms with Gasteiger partial charge in [0.1, 0.15) is 0 Å². The maximum absolute atomic E-state index is 12.9. The summed E-state index contributed by atoms with van der Waals surface area (Å²) in [4.78, 5) is 27.1. The van der Waals surface area contributed by atoms with E-state index in [2.05, 4.69) is 24.5 Å². The van der Waals surface area contributed by atoms with Crippen LogP contribution in [0.15, 0.2) is 53.6 Å². The highest BCUT2D eigenvalue weighted by atomic mass is 35.5. The van der Waals surface area contributed by atoms with Crippen LogP contribution in [0.5, 0.6) is 0 Å². The zero-order chi connectivity index (χ0) is 20.7. The van der Waals surface area contributed by atoms with Crippen LogP contribution in [0.25, 0.3) is 17.0 Å². The van der Waals surface area contributed by atoms with E-state index in [1.54, 1.807) is 24.3 Å². The van der Waals surface area contributed by atoms with Crippen LogP contribution in [-0.4, -0.2) is 20.6 Å². The maximum atomic E-state index is 12.9. The second kappa shape index (κ2) is 7.90. The van der Waals surface area contributed by atoms with Gasteiger partial charge in [-0.25, -0.2) is 0 Å². The fraction of sp³-hybridized carbons (Fsp3) is 0.182. The summed E-state index contributed by atoms with van der Waals surface area (Å²) in [6, 6.07) is 13.4. The first-order valence-electron chi connectivity index (χ1n) is 9.14. The number of para-hydroxylation sites is 1. The van der Waals surface area contributed by atoms with E-state index in [-0.39, 0.29) is 23.7 Å². The Labute approximate surface area is 183 Å². The molecule has 148 valence electrons. The van der Waals surface area contributed by atoms with E-state index in [1.807, 2.05) is 24.4 Å². The van der Waals surface area contributed by atoms with Gasteiger partial charge < -0.3 is 4.57 Å². The van der Waals surface area contributed by atoms with Crippen LogP contribution in [-0.2, 0) is 11.3 Å². The zero-order valence-corrected chi connectivity index (χ0v) is 18.2. The van der Waals surface area contributed by atoms with Crippen LogP contribution in [0.2, 0.25) is 10.0 Å². The Morgan fingerprint density at radius 3 is 2.41 bits per heavy atom. The number of halogens is 2. The number of carbonyl (C=O) groups is 2. The average molecular weight is 445 g/mol. The molecule has 2 aromatic carbocycles. The highest BCUT2D eigenvalue weighted by Gasteiger charge is 2.36. The highest BCUT2D eigenvalue weighted by Crippen LogP contribution is 2.37. The molecule has 0 atom stereocenters. The first-order valence-corrected chi connectivity index (χ1v) is 10.7. The molecular weight excluding hydrogens is 427 g/mol. The largest absolute Gasteiger partial charge is 0.344 e. The number of thioether (sulfide) groups is 1. The number of amides is 2. The molecule has 4 nitrogen and oxygen atoms in total. The Bertz CT molecular complexity index is 1150. The molecule has 0 spiro atoms. The molecule has 1 aliphatic heterocycles. The van der Waals surface area contributed by atoms with E-state index in [0.29, 0.717) is 20.5 Å². The van der Waals surface area contributed by atoms with Crippen LogP contribution >= 0.6 is 35.0 Å². The third-order valence-electron chi connectivity index (χ3n) is 4.87. The molecule has 3 aromatic rings. The van der Waals surface area contributed by atoms with Gasteiger partial charge in [-0.15, -0.1) is 0 Å². The van der Waals surface area contributed by atoms with Gasteiger partial charge in [0.05, 0.1) is 11.4 Å². The molecule has 0 unspecified atom stereocenters. The molecule has 4 rings (SSSR count). The number of carbonyl (C=O) groups excluding carboxylic acids is 2. The van der Waals surface area contributed by atoms with Crippen molar-refractivity contribution in [3.63, 3.8) is 0 Å². The fourth-order valence-corrected chi connectivity index (χ4v) is 4.74. The van der Waals surface area contributed by atoms with Crippen molar-refractivity contribution in [2.24, 2.45) is 0 Å². The number of nitrogens with zero attached hydrogens (tertiary/aromatic N) is 2. The molecule has 7 heteroatoms. The predicted octanol–water partition coefficient (Wildman–Crippen LogP) is 6.77. The summed E-state index contributed by atoms with van der Waals surface area (Å²) in [5, 5.41) is 1.58. The SMILES string of the molecule is CC(C)n1cc(/C=C2/SC(=O)N(Cc3c(Cl)cccc3Cl)C2=O)c2ccccc21. The number of hydrogen-bond acceptors (Lipinski definition) is 3. The zero-order valence-electron chi connectivity index (χ0n) is 15.9. The standard InChI is InChI=1S/C22H18Cl2N2O2S/c1-13(2)25-11-14(15-6-3-4-9-19(15)25)10-20-21(27)26(22(28)29-20)12-16-17(23)7-5-8-18(16)24/h3-11,13H,12H2,1-2H3/b20-10+. The van der Waals surface area contributed by atoms with E-state index in [1.165, 1.54) is 4.90 Å². The molecule has 1 fully saturated rings. The molecule has 2 amide bonds. The lowest BCUT2D eigenvalue weighted by atomic mass is 10.1. The molecule has 0 N–H and O–H groups in total. The van der Waals surface area contributed by atoms with Gasteiger partial charge in [-0.1, -0.05) is 47.5 Å². The molecular formula is C22H18Cl2N2O2S. The number of hydrogen-bond donors (Lipinski definition) is 0. The van der Waals surface area contributed by atoms with E-state index >= 15 is 0 Å². The Hall–Kier alpha value is -2.21. The van der Waals surface area contributed by atoms with Crippen molar-refractivity contribution in [3.8, 4) is 0 Å². The van der Waals surface area contributed by atoms with E-state index in [0.717, 1.165) is 28.2 Å². The molecule has 1 aromatic heterocycles. The topological polar surface area (TPSA) is 42.3 Å². The van der Waals surface area contributed by atoms with Crippen LogP contribution < -0.4 is 0 Å². The second-order valence-corrected chi connectivity index (χ2v) is 8.88. The lowest BCUT2D eigenvalue weighted by molar-refractivity contribution is -0.123. The number of aromatic nitrogens is 1. The number of benzene rings is 2. The van der Waals surface area contributed by atoms with Crippen LogP contribution in [0.1, 0.15) is 31.0 Å². The van der Waals surface area contributed by atoms with Gasteiger partial charge >= 0.3 is 0 Å². The molecule has 29 heavy (non-hydrogen) atoms. The Kier molecular flexibility index (Phi) is 5.47. The highest BCUT2D eigenvalue weighted by molar-refractivity contribution is 8.18. The Morgan fingerprint density at radius 1 is 1.03 bits per heavy atom. The van der Waals surface area contributed by atoms with Crippen molar-refractivity contribution in [1.29, 1.82) is 0 Å². The van der Waals surface area contributed by atoms with Gasteiger partial charge in [0, 0.05) is 44.3 Å². The Morgan fingerprint density at radius 2 is 1.72 bits per heavy atom. The summed E-state index contributed by atoms with van der Waals surface area (Å²) in [6.07, 6.45) is 3.81. The molecule has 0 saturated carbocycles. The van der Waals surface area contributed by atoms with Crippen molar-refractivity contribution >= 4 is 63.1 Å². The smallest absolute Gasteiger partial charge is 0.293 e. The van der Waals surface area contributed by atoms with Gasteiger partial charge in [0.25, 0.3) is 11.1 Å². The van der Waals surface area contributed by atoms with Gasteiger partial charge in [-0.05, 0) is 49.9 Å². The first kappa shape index (κ1) is 20.1. The minimum atomic E-state index is -0.336. The quantitative estimate of drug-likeness (QED) is 0.417. The van der Waals surface area contributed by atoms with Crippen molar-refractivity contribution in [1.82, 2.24) is 9.47 Å². The molecule has 0 aliphatic carbocycles. The minimum Gasteiger partial charge on any atom is -0.344 e. The summed E-state index contributed by atoms with van der Waals surface area (Å²) in [5.41, 5.74) is 2.57. The van der Waals surface area contributed by atoms with Crippen LogP contribution in [0, 0.1) is 0 Å². The van der Waals surface area contributed by atoms with Crippen LogP contribution in [0.3, 0.4) is 0 Å². The Balaban J connectivity index is 1.69.